The Morgan fingerprint density at radius 1 is 1.40 bits per heavy atom. The van der Waals surface area contributed by atoms with Crippen molar-refractivity contribution in [2.45, 2.75) is 18.5 Å². The van der Waals surface area contributed by atoms with Gasteiger partial charge >= 0.3 is 11.9 Å². The molecule has 88 valence electrons. The van der Waals surface area contributed by atoms with Crippen LogP contribution in [0.2, 0.25) is 0 Å². The van der Waals surface area contributed by atoms with E-state index in [1.165, 1.54) is 0 Å². The van der Waals surface area contributed by atoms with Crippen molar-refractivity contribution in [3.8, 4) is 0 Å². The SMILES string of the molecule is CSCCC(N)C(=O)OCC(N)C(=O)O. The van der Waals surface area contributed by atoms with Crippen molar-refractivity contribution in [2.24, 2.45) is 11.5 Å². The number of carboxylic acids is 1. The lowest BCUT2D eigenvalue weighted by Crippen LogP contribution is -2.39. The molecule has 0 radical (unpaired) electrons. The van der Waals surface area contributed by atoms with Crippen LogP contribution >= 0.6 is 11.8 Å². The quantitative estimate of drug-likeness (QED) is 0.486. The molecule has 0 aromatic heterocycles. The van der Waals surface area contributed by atoms with Crippen LogP contribution < -0.4 is 11.5 Å². The normalized spacial score (nSPS) is 14.3. The Morgan fingerprint density at radius 3 is 2.47 bits per heavy atom. The maximum absolute atomic E-state index is 11.2. The fourth-order valence-electron chi connectivity index (χ4n) is 0.713. The summed E-state index contributed by atoms with van der Waals surface area (Å²) in [6.45, 7) is -0.346. The van der Waals surface area contributed by atoms with Crippen LogP contribution in [0.15, 0.2) is 0 Å². The highest BCUT2D eigenvalue weighted by Gasteiger charge is 2.18. The number of ether oxygens (including phenoxy) is 1. The molecule has 0 saturated carbocycles. The second kappa shape index (κ2) is 7.49. The van der Waals surface area contributed by atoms with Gasteiger partial charge < -0.3 is 21.3 Å². The van der Waals surface area contributed by atoms with Gasteiger partial charge in [-0.25, -0.2) is 0 Å². The van der Waals surface area contributed by atoms with E-state index < -0.39 is 24.0 Å². The molecule has 0 saturated heterocycles. The van der Waals surface area contributed by atoms with E-state index in [4.69, 9.17) is 16.6 Å². The van der Waals surface area contributed by atoms with Gasteiger partial charge in [-0.05, 0) is 18.4 Å². The number of thioether (sulfide) groups is 1. The van der Waals surface area contributed by atoms with Gasteiger partial charge in [-0.3, -0.25) is 9.59 Å². The molecular formula is C8H16N2O4S. The predicted molar refractivity (Wildman–Crippen MR) is 57.5 cm³/mol. The summed E-state index contributed by atoms with van der Waals surface area (Å²) in [6.07, 6.45) is 2.40. The molecule has 2 atom stereocenters. The Morgan fingerprint density at radius 2 is 2.00 bits per heavy atom. The Labute approximate surface area is 92.3 Å². The van der Waals surface area contributed by atoms with Crippen LogP contribution in [0, 0.1) is 0 Å². The van der Waals surface area contributed by atoms with Crippen molar-refractivity contribution in [1.29, 1.82) is 0 Å². The highest BCUT2D eigenvalue weighted by molar-refractivity contribution is 7.98. The van der Waals surface area contributed by atoms with Crippen LogP contribution in [0.3, 0.4) is 0 Å². The Balaban J connectivity index is 3.77. The van der Waals surface area contributed by atoms with E-state index in [2.05, 4.69) is 4.74 Å². The number of hydrogen-bond acceptors (Lipinski definition) is 6. The van der Waals surface area contributed by atoms with Crippen molar-refractivity contribution in [3.63, 3.8) is 0 Å². The number of carbonyl (C=O) groups excluding carboxylic acids is 1. The zero-order valence-electron chi connectivity index (χ0n) is 8.51. The molecule has 2 unspecified atom stereocenters. The molecular weight excluding hydrogens is 220 g/mol. The van der Waals surface area contributed by atoms with Gasteiger partial charge in [0, 0.05) is 0 Å². The molecule has 0 amide bonds. The zero-order valence-corrected chi connectivity index (χ0v) is 9.33. The molecule has 0 aliphatic carbocycles. The molecule has 0 aromatic carbocycles. The molecule has 7 heteroatoms. The van der Waals surface area contributed by atoms with E-state index >= 15 is 0 Å². The molecule has 15 heavy (non-hydrogen) atoms. The monoisotopic (exact) mass is 236 g/mol. The lowest BCUT2D eigenvalue weighted by molar-refractivity contribution is -0.149. The first-order chi connectivity index (χ1) is 6.99. The van der Waals surface area contributed by atoms with Gasteiger partial charge in [0.25, 0.3) is 0 Å². The van der Waals surface area contributed by atoms with Gasteiger partial charge in [0.15, 0.2) is 0 Å². The van der Waals surface area contributed by atoms with E-state index in [0.717, 1.165) is 5.75 Å². The standard InChI is InChI=1S/C8H16N2O4S/c1-15-3-2-5(9)8(13)14-4-6(10)7(11)12/h5-6H,2-4,9-10H2,1H3,(H,11,12). The van der Waals surface area contributed by atoms with Crippen molar-refractivity contribution in [2.75, 3.05) is 18.6 Å². The Bertz CT molecular complexity index is 225. The first-order valence-corrected chi connectivity index (χ1v) is 5.78. The van der Waals surface area contributed by atoms with Crippen LogP contribution in [0.5, 0.6) is 0 Å². The number of nitrogens with two attached hydrogens (primary N) is 2. The zero-order chi connectivity index (χ0) is 11.8. The van der Waals surface area contributed by atoms with E-state index in [9.17, 15) is 9.59 Å². The highest BCUT2D eigenvalue weighted by atomic mass is 32.2. The van der Waals surface area contributed by atoms with Crippen LogP contribution in [0.1, 0.15) is 6.42 Å². The number of carboxylic acid groups (broad SMARTS) is 1. The maximum Gasteiger partial charge on any atom is 0.324 e. The number of rotatable bonds is 7. The van der Waals surface area contributed by atoms with Gasteiger partial charge in [0.2, 0.25) is 0 Å². The molecule has 6 nitrogen and oxygen atoms in total. The Kier molecular flexibility index (Phi) is 7.10. The summed E-state index contributed by atoms with van der Waals surface area (Å²) >= 11 is 1.57. The van der Waals surface area contributed by atoms with Crippen LogP contribution in [-0.2, 0) is 14.3 Å². The second-order valence-electron chi connectivity index (χ2n) is 2.96. The van der Waals surface area contributed by atoms with Crippen molar-refractivity contribution in [3.05, 3.63) is 0 Å². The summed E-state index contributed by atoms with van der Waals surface area (Å²) in [6, 6.07) is -1.90. The minimum atomic E-state index is -1.21. The smallest absolute Gasteiger partial charge is 0.324 e. The second-order valence-corrected chi connectivity index (χ2v) is 3.95. The van der Waals surface area contributed by atoms with E-state index in [1.54, 1.807) is 11.8 Å². The van der Waals surface area contributed by atoms with Gasteiger partial charge in [-0.15, -0.1) is 0 Å². The summed E-state index contributed by atoms with van der Waals surface area (Å²) in [5.41, 5.74) is 10.6. The molecule has 0 bridgehead atoms. The fourth-order valence-corrected chi connectivity index (χ4v) is 1.20. The summed E-state index contributed by atoms with van der Waals surface area (Å²) in [4.78, 5) is 21.5. The average molecular weight is 236 g/mol. The van der Waals surface area contributed by atoms with Crippen LogP contribution in [0.4, 0.5) is 0 Å². The fraction of sp³-hybridized carbons (Fsp3) is 0.750. The van der Waals surface area contributed by atoms with Gasteiger partial charge in [0.05, 0.1) is 0 Å². The highest BCUT2D eigenvalue weighted by Crippen LogP contribution is 2.00. The number of hydrogen-bond donors (Lipinski definition) is 3. The summed E-state index contributed by atoms with van der Waals surface area (Å²) < 4.78 is 4.64. The third kappa shape index (κ3) is 6.32. The summed E-state index contributed by atoms with van der Waals surface area (Å²) in [5.74, 6) is -1.07. The van der Waals surface area contributed by atoms with E-state index in [0.29, 0.717) is 6.42 Å². The Hall–Kier alpha value is -0.790. The maximum atomic E-state index is 11.2. The third-order valence-electron chi connectivity index (χ3n) is 1.66. The minimum absolute atomic E-state index is 0.346. The first kappa shape index (κ1) is 14.2. The molecule has 0 aliphatic rings. The van der Waals surface area contributed by atoms with Gasteiger partial charge in [-0.2, -0.15) is 11.8 Å². The van der Waals surface area contributed by atoms with Crippen LogP contribution in [-0.4, -0.2) is 47.7 Å². The molecule has 0 heterocycles. The van der Waals surface area contributed by atoms with Gasteiger partial charge in [-0.1, -0.05) is 0 Å². The molecule has 5 N–H and O–H groups in total. The molecule has 0 fully saturated rings. The summed E-state index contributed by atoms with van der Waals surface area (Å²) in [5, 5.41) is 8.42. The van der Waals surface area contributed by atoms with Crippen molar-refractivity contribution < 1.29 is 19.4 Å². The minimum Gasteiger partial charge on any atom is -0.480 e. The summed E-state index contributed by atoms with van der Waals surface area (Å²) in [7, 11) is 0. The number of carbonyl (C=O) groups is 2. The first-order valence-electron chi connectivity index (χ1n) is 4.38. The largest absolute Gasteiger partial charge is 0.480 e. The molecule has 0 rings (SSSR count). The topological polar surface area (TPSA) is 116 Å². The molecule has 0 aromatic rings. The average Bonchev–Trinajstić information content (AvgIpc) is 2.21. The lowest BCUT2D eigenvalue weighted by atomic mass is 10.2. The predicted octanol–water partition coefficient (Wildman–Crippen LogP) is -0.978. The third-order valence-corrected chi connectivity index (χ3v) is 2.30. The number of esters is 1. The lowest BCUT2D eigenvalue weighted by Gasteiger charge is -2.12. The van der Waals surface area contributed by atoms with Gasteiger partial charge in [0.1, 0.15) is 18.7 Å². The molecule has 0 aliphatic heterocycles. The van der Waals surface area contributed by atoms with E-state index in [-0.39, 0.29) is 6.61 Å². The van der Waals surface area contributed by atoms with Crippen molar-refractivity contribution in [1.82, 2.24) is 0 Å². The van der Waals surface area contributed by atoms with Crippen molar-refractivity contribution >= 4 is 23.7 Å². The van der Waals surface area contributed by atoms with E-state index in [1.807, 2.05) is 6.26 Å². The molecule has 0 spiro atoms. The number of aliphatic carboxylic acids is 1. The van der Waals surface area contributed by atoms with Crippen LogP contribution in [0.25, 0.3) is 0 Å².